The van der Waals surface area contributed by atoms with Crippen molar-refractivity contribution in [2.24, 2.45) is 0 Å². The van der Waals surface area contributed by atoms with Crippen LogP contribution in [0.25, 0.3) is 0 Å². The molecule has 0 atom stereocenters. The lowest BCUT2D eigenvalue weighted by Gasteiger charge is -2.03. The molecule has 0 spiro atoms. The van der Waals surface area contributed by atoms with E-state index in [2.05, 4.69) is 13.3 Å². The van der Waals surface area contributed by atoms with Crippen molar-refractivity contribution < 1.29 is 0 Å². The van der Waals surface area contributed by atoms with Gasteiger partial charge in [-0.2, -0.15) is 0 Å². The molecule has 0 radical (unpaired) electrons. The van der Waals surface area contributed by atoms with Crippen molar-refractivity contribution in [3.63, 3.8) is 0 Å². The van der Waals surface area contributed by atoms with E-state index in [1.54, 1.807) is 0 Å². The lowest BCUT2D eigenvalue weighted by Crippen LogP contribution is -1.89. The van der Waals surface area contributed by atoms with Crippen LogP contribution in [0.3, 0.4) is 0 Å². The Morgan fingerprint density at radius 3 is 2.00 bits per heavy atom. The summed E-state index contributed by atoms with van der Waals surface area (Å²) in [5, 5.41) is 0. The average Bonchev–Trinajstić information content (AvgIpc) is 1.61. The van der Waals surface area contributed by atoms with Crippen LogP contribution >= 0.6 is 31.1 Å². The molecular weight excluding hydrogens is 162 g/mol. The van der Waals surface area contributed by atoms with Crippen molar-refractivity contribution in [3.8, 4) is 0 Å². The number of alkyl halides is 2. The highest BCUT2D eigenvalue weighted by Gasteiger charge is 1.98. The van der Waals surface area contributed by atoms with E-state index >= 15 is 0 Å². The van der Waals surface area contributed by atoms with Crippen molar-refractivity contribution >= 4 is 31.1 Å². The number of hydrogen-bond donors (Lipinski definition) is 0. The Morgan fingerprint density at radius 2 is 1.88 bits per heavy atom. The van der Waals surface area contributed by atoms with Gasteiger partial charge < -0.3 is 0 Å². The average molecular weight is 173 g/mol. The minimum absolute atomic E-state index is 0.153. The highest BCUT2D eigenvalue weighted by Crippen LogP contribution is 2.27. The molecule has 0 fully saturated rings. The van der Waals surface area contributed by atoms with Gasteiger partial charge in [0.25, 0.3) is 0 Å². The molecule has 0 aromatic heterocycles. The highest BCUT2D eigenvalue weighted by atomic mass is 35.5. The van der Waals surface area contributed by atoms with Gasteiger partial charge in [0.1, 0.15) is 4.84 Å². The van der Waals surface area contributed by atoms with E-state index in [0.717, 1.165) is 6.42 Å². The van der Waals surface area contributed by atoms with Crippen LogP contribution in [-0.2, 0) is 0 Å². The Balaban J connectivity index is 2.93. The van der Waals surface area contributed by atoms with Crippen molar-refractivity contribution in [2.75, 3.05) is 19.5 Å². The SMILES string of the molecule is CP(C)CCC(Cl)Cl. The van der Waals surface area contributed by atoms with E-state index < -0.39 is 0 Å². The van der Waals surface area contributed by atoms with Crippen LogP contribution < -0.4 is 0 Å². The fraction of sp³-hybridized carbons (Fsp3) is 1.00. The molecule has 0 aromatic rings. The molecule has 0 saturated heterocycles. The maximum Gasteiger partial charge on any atom is 0.108 e. The molecule has 50 valence electrons. The van der Waals surface area contributed by atoms with Gasteiger partial charge in [-0.05, 0) is 25.9 Å². The van der Waals surface area contributed by atoms with Crippen LogP contribution in [0.15, 0.2) is 0 Å². The summed E-state index contributed by atoms with van der Waals surface area (Å²) < 4.78 is 0. The molecule has 0 rings (SSSR count). The molecule has 3 heteroatoms. The van der Waals surface area contributed by atoms with E-state index in [4.69, 9.17) is 23.2 Å². The summed E-state index contributed by atoms with van der Waals surface area (Å²) in [5.74, 6) is 0. The molecule has 8 heavy (non-hydrogen) atoms. The van der Waals surface area contributed by atoms with Gasteiger partial charge in [-0.15, -0.1) is 31.1 Å². The first-order valence-corrected chi connectivity index (χ1v) is 5.85. The molecule has 0 amide bonds. The third-order valence-electron chi connectivity index (χ3n) is 0.795. The first kappa shape index (κ1) is 9.01. The van der Waals surface area contributed by atoms with Gasteiger partial charge in [-0.25, -0.2) is 0 Å². The number of halogens is 2. The lowest BCUT2D eigenvalue weighted by molar-refractivity contribution is 1.05. The summed E-state index contributed by atoms with van der Waals surface area (Å²) in [6.45, 7) is 4.46. The topological polar surface area (TPSA) is 0 Å². The van der Waals surface area contributed by atoms with Crippen LogP contribution in [-0.4, -0.2) is 24.3 Å². The van der Waals surface area contributed by atoms with Crippen LogP contribution in [0.4, 0.5) is 0 Å². The molecule has 0 aromatic carbocycles. The Hall–Kier alpha value is 1.01. The van der Waals surface area contributed by atoms with Crippen molar-refractivity contribution in [1.29, 1.82) is 0 Å². The van der Waals surface area contributed by atoms with E-state index in [-0.39, 0.29) is 12.8 Å². The zero-order chi connectivity index (χ0) is 6.57. The second kappa shape index (κ2) is 4.85. The summed E-state index contributed by atoms with van der Waals surface area (Å²) in [5.41, 5.74) is 0. The highest BCUT2D eigenvalue weighted by molar-refractivity contribution is 7.55. The van der Waals surface area contributed by atoms with E-state index in [9.17, 15) is 0 Å². The Kier molecular flexibility index (Phi) is 5.46. The van der Waals surface area contributed by atoms with Crippen LogP contribution in [0.5, 0.6) is 0 Å². The predicted molar refractivity (Wildman–Crippen MR) is 43.7 cm³/mol. The van der Waals surface area contributed by atoms with Crippen molar-refractivity contribution in [2.45, 2.75) is 11.3 Å². The van der Waals surface area contributed by atoms with E-state index in [1.807, 2.05) is 0 Å². The smallest absolute Gasteiger partial charge is 0.108 e. The molecule has 0 saturated carbocycles. The first-order chi connectivity index (χ1) is 3.63. The maximum atomic E-state index is 5.50. The Bertz CT molecular complexity index is 46.4. The standard InChI is InChI=1S/C5H11Cl2P/c1-8(2)4-3-5(6)7/h5H,3-4H2,1-2H3. The zero-order valence-corrected chi connectivity index (χ0v) is 7.60. The number of rotatable bonds is 3. The summed E-state index contributed by atoms with van der Waals surface area (Å²) in [6.07, 6.45) is 2.13. The fourth-order valence-corrected chi connectivity index (χ4v) is 1.65. The summed E-state index contributed by atoms with van der Waals surface area (Å²) in [7, 11) is 0.198. The molecule has 0 heterocycles. The van der Waals surface area contributed by atoms with Crippen LogP contribution in [0.2, 0.25) is 0 Å². The monoisotopic (exact) mass is 172 g/mol. The largest absolute Gasteiger partial charge is 0.113 e. The van der Waals surface area contributed by atoms with Crippen molar-refractivity contribution in [1.82, 2.24) is 0 Å². The first-order valence-electron chi connectivity index (χ1n) is 2.56. The molecule has 0 N–H and O–H groups in total. The molecule has 0 nitrogen and oxygen atoms in total. The van der Waals surface area contributed by atoms with Gasteiger partial charge in [0.05, 0.1) is 0 Å². The summed E-state index contributed by atoms with van der Waals surface area (Å²) in [6, 6.07) is 0. The molecule has 0 bridgehead atoms. The second-order valence-corrected chi connectivity index (χ2v) is 5.87. The second-order valence-electron chi connectivity index (χ2n) is 1.98. The minimum atomic E-state index is -0.153. The number of hydrogen-bond acceptors (Lipinski definition) is 0. The van der Waals surface area contributed by atoms with Crippen molar-refractivity contribution in [3.05, 3.63) is 0 Å². The maximum absolute atomic E-state index is 5.50. The Labute approximate surface area is 62.3 Å². The molecule has 0 aliphatic rings. The van der Waals surface area contributed by atoms with E-state index in [1.165, 1.54) is 6.16 Å². The normalized spacial score (nSPS) is 11.2. The summed E-state index contributed by atoms with van der Waals surface area (Å²) in [4.78, 5) is -0.153. The van der Waals surface area contributed by atoms with Gasteiger partial charge in [0.2, 0.25) is 0 Å². The van der Waals surface area contributed by atoms with Gasteiger partial charge in [-0.1, -0.05) is 0 Å². The predicted octanol–water partition coefficient (Wildman–Crippen LogP) is 2.92. The molecule has 0 aliphatic heterocycles. The summed E-state index contributed by atoms with van der Waals surface area (Å²) >= 11 is 11.0. The quantitative estimate of drug-likeness (QED) is 0.454. The molecular formula is C5H11Cl2P. The minimum Gasteiger partial charge on any atom is -0.113 e. The van der Waals surface area contributed by atoms with Gasteiger partial charge >= 0.3 is 0 Å². The third kappa shape index (κ3) is 7.01. The Morgan fingerprint density at radius 1 is 1.38 bits per heavy atom. The van der Waals surface area contributed by atoms with Gasteiger partial charge in [0.15, 0.2) is 0 Å². The molecule has 0 aliphatic carbocycles. The molecule has 0 unspecified atom stereocenters. The fourth-order valence-electron chi connectivity index (χ4n) is 0.356. The van der Waals surface area contributed by atoms with Crippen LogP contribution in [0, 0.1) is 0 Å². The third-order valence-corrected chi connectivity index (χ3v) is 2.38. The van der Waals surface area contributed by atoms with Crippen LogP contribution in [0.1, 0.15) is 6.42 Å². The van der Waals surface area contributed by atoms with Gasteiger partial charge in [-0.3, -0.25) is 0 Å². The lowest BCUT2D eigenvalue weighted by atomic mass is 10.6. The van der Waals surface area contributed by atoms with E-state index in [0.29, 0.717) is 0 Å². The van der Waals surface area contributed by atoms with Gasteiger partial charge in [0, 0.05) is 0 Å². The zero-order valence-electron chi connectivity index (χ0n) is 5.19.